The zero-order chi connectivity index (χ0) is 17.5. The third kappa shape index (κ3) is 3.14. The molecule has 0 saturated heterocycles. The Kier molecular flexibility index (Phi) is 4.55. The molecule has 24 heavy (non-hydrogen) atoms. The van der Waals surface area contributed by atoms with Gasteiger partial charge in [0.2, 0.25) is 0 Å². The molecule has 3 rings (SSSR count). The first kappa shape index (κ1) is 17.2. The molecule has 0 aliphatic rings. The SMILES string of the molecule is CS(=O)(=O)C(Cl)C(=O)c1cc2c(-c3ccccc3)c[nH]c2cc1Br. The van der Waals surface area contributed by atoms with Crippen molar-refractivity contribution in [3.05, 3.63) is 58.7 Å². The highest BCUT2D eigenvalue weighted by molar-refractivity contribution is 9.10. The lowest BCUT2D eigenvalue weighted by atomic mass is 10.0. The highest BCUT2D eigenvalue weighted by Gasteiger charge is 2.29. The Morgan fingerprint density at radius 2 is 1.88 bits per heavy atom. The van der Waals surface area contributed by atoms with Gasteiger partial charge >= 0.3 is 0 Å². The predicted molar refractivity (Wildman–Crippen MR) is 100 cm³/mol. The number of alkyl halides is 1. The summed E-state index contributed by atoms with van der Waals surface area (Å²) in [6.45, 7) is 0. The van der Waals surface area contributed by atoms with Crippen molar-refractivity contribution in [1.82, 2.24) is 4.98 Å². The minimum absolute atomic E-state index is 0.240. The van der Waals surface area contributed by atoms with E-state index in [1.807, 2.05) is 36.5 Å². The Labute approximate surface area is 152 Å². The number of benzene rings is 2. The topological polar surface area (TPSA) is 67.0 Å². The largest absolute Gasteiger partial charge is 0.361 e. The van der Waals surface area contributed by atoms with E-state index in [0.717, 1.165) is 28.3 Å². The van der Waals surface area contributed by atoms with Crippen LogP contribution in [0.2, 0.25) is 0 Å². The van der Waals surface area contributed by atoms with Crippen molar-refractivity contribution in [2.45, 2.75) is 4.71 Å². The van der Waals surface area contributed by atoms with Gasteiger partial charge in [-0.15, -0.1) is 0 Å². The number of carbonyl (C=O) groups excluding carboxylic acids is 1. The van der Waals surface area contributed by atoms with Crippen molar-refractivity contribution >= 4 is 54.1 Å². The molecule has 1 unspecified atom stereocenters. The summed E-state index contributed by atoms with van der Waals surface area (Å²) >= 11 is 9.15. The highest BCUT2D eigenvalue weighted by atomic mass is 79.9. The quantitative estimate of drug-likeness (QED) is 0.497. The normalized spacial score (nSPS) is 13.1. The molecule has 1 heterocycles. The number of hydrogen-bond acceptors (Lipinski definition) is 3. The van der Waals surface area contributed by atoms with Crippen molar-refractivity contribution in [3.63, 3.8) is 0 Å². The summed E-state index contributed by atoms with van der Waals surface area (Å²) < 4.78 is 22.1. The number of aromatic amines is 1. The molecule has 0 saturated carbocycles. The summed E-state index contributed by atoms with van der Waals surface area (Å²) in [5, 5.41) is 0.824. The fraction of sp³-hybridized carbons (Fsp3) is 0.118. The van der Waals surface area contributed by atoms with Crippen LogP contribution in [0.5, 0.6) is 0 Å². The first-order valence-corrected chi connectivity index (χ1v) is 10.2. The van der Waals surface area contributed by atoms with E-state index in [2.05, 4.69) is 20.9 Å². The molecule has 124 valence electrons. The maximum absolute atomic E-state index is 12.5. The number of ketones is 1. The van der Waals surface area contributed by atoms with E-state index in [1.165, 1.54) is 0 Å². The summed E-state index contributed by atoms with van der Waals surface area (Å²) in [6, 6.07) is 13.1. The van der Waals surface area contributed by atoms with Crippen molar-refractivity contribution in [3.8, 4) is 11.1 Å². The van der Waals surface area contributed by atoms with Crippen LogP contribution in [0.4, 0.5) is 0 Å². The van der Waals surface area contributed by atoms with Gasteiger partial charge in [-0.3, -0.25) is 4.79 Å². The van der Waals surface area contributed by atoms with Gasteiger partial charge in [0.1, 0.15) is 0 Å². The van der Waals surface area contributed by atoms with Crippen LogP contribution >= 0.6 is 27.5 Å². The van der Waals surface area contributed by atoms with Crippen LogP contribution in [-0.4, -0.2) is 30.1 Å². The number of halogens is 2. The predicted octanol–water partition coefficient (Wildman–Crippen LogP) is 4.39. The van der Waals surface area contributed by atoms with Gasteiger partial charge in [0, 0.05) is 39.0 Å². The van der Waals surface area contributed by atoms with Crippen LogP contribution in [-0.2, 0) is 9.84 Å². The van der Waals surface area contributed by atoms with E-state index in [1.54, 1.807) is 12.1 Å². The fourth-order valence-electron chi connectivity index (χ4n) is 2.51. The average Bonchev–Trinajstić information content (AvgIpc) is 2.95. The monoisotopic (exact) mass is 425 g/mol. The van der Waals surface area contributed by atoms with Gasteiger partial charge < -0.3 is 4.98 Å². The molecule has 1 aromatic heterocycles. The molecule has 1 atom stereocenters. The molecule has 0 bridgehead atoms. The Morgan fingerprint density at radius 3 is 2.50 bits per heavy atom. The fourth-order valence-corrected chi connectivity index (χ4v) is 3.68. The molecule has 0 aliphatic carbocycles. The first-order valence-electron chi connectivity index (χ1n) is 7.02. The molecule has 7 heteroatoms. The van der Waals surface area contributed by atoms with E-state index >= 15 is 0 Å². The van der Waals surface area contributed by atoms with E-state index in [9.17, 15) is 13.2 Å². The number of rotatable bonds is 4. The summed E-state index contributed by atoms with van der Waals surface area (Å²) in [5.74, 6) is -0.645. The van der Waals surface area contributed by atoms with Crippen LogP contribution in [0.3, 0.4) is 0 Å². The van der Waals surface area contributed by atoms with Gasteiger partial charge in [0.05, 0.1) is 0 Å². The molecule has 0 spiro atoms. The van der Waals surface area contributed by atoms with Crippen LogP contribution < -0.4 is 0 Å². The van der Waals surface area contributed by atoms with E-state index < -0.39 is 20.3 Å². The standard InChI is InChI=1S/C17H13BrClNO3S/c1-24(22,23)17(19)16(21)12-7-11-13(10-5-3-2-4-6-10)9-20-15(11)8-14(12)18/h2-9,17,20H,1H3. The Morgan fingerprint density at radius 1 is 1.21 bits per heavy atom. The van der Waals surface area contributed by atoms with Gasteiger partial charge in [0.25, 0.3) is 0 Å². The Hall–Kier alpha value is -1.63. The van der Waals surface area contributed by atoms with E-state index in [-0.39, 0.29) is 5.56 Å². The summed E-state index contributed by atoms with van der Waals surface area (Å²) in [5.41, 5.74) is 3.00. The highest BCUT2D eigenvalue weighted by Crippen LogP contribution is 2.33. The maximum atomic E-state index is 12.5. The minimum atomic E-state index is -3.68. The number of hydrogen-bond donors (Lipinski definition) is 1. The number of H-pyrrole nitrogens is 1. The molecule has 0 radical (unpaired) electrons. The van der Waals surface area contributed by atoms with E-state index in [4.69, 9.17) is 11.6 Å². The van der Waals surface area contributed by atoms with Gasteiger partial charge in [-0.05, 0) is 33.6 Å². The second-order valence-electron chi connectivity index (χ2n) is 5.46. The van der Waals surface area contributed by atoms with Crippen molar-refractivity contribution < 1.29 is 13.2 Å². The number of sulfone groups is 1. The first-order chi connectivity index (χ1) is 11.3. The van der Waals surface area contributed by atoms with Gasteiger partial charge in [0.15, 0.2) is 20.3 Å². The lowest BCUT2D eigenvalue weighted by Crippen LogP contribution is -2.24. The van der Waals surface area contributed by atoms with Crippen molar-refractivity contribution in [1.29, 1.82) is 0 Å². The Bertz CT molecular complexity index is 1030. The number of fused-ring (bicyclic) bond motifs is 1. The molecule has 0 aliphatic heterocycles. The smallest absolute Gasteiger partial charge is 0.197 e. The number of aromatic nitrogens is 1. The van der Waals surface area contributed by atoms with Gasteiger partial charge in [-0.2, -0.15) is 0 Å². The molecule has 4 nitrogen and oxygen atoms in total. The summed E-state index contributed by atoms with van der Waals surface area (Å²) in [7, 11) is -3.68. The van der Waals surface area contributed by atoms with Gasteiger partial charge in [-0.1, -0.05) is 41.9 Å². The third-order valence-corrected chi connectivity index (χ3v) is 6.49. The van der Waals surface area contributed by atoms with Crippen LogP contribution in [0.15, 0.2) is 53.1 Å². The third-order valence-electron chi connectivity index (χ3n) is 3.70. The molecule has 3 aromatic rings. The molecule has 1 N–H and O–H groups in total. The number of nitrogens with one attached hydrogen (secondary N) is 1. The zero-order valence-electron chi connectivity index (χ0n) is 12.6. The average molecular weight is 427 g/mol. The molecule has 2 aromatic carbocycles. The lowest BCUT2D eigenvalue weighted by Gasteiger charge is -2.09. The summed E-state index contributed by atoms with van der Waals surface area (Å²) in [4.78, 5) is 15.6. The van der Waals surface area contributed by atoms with Crippen LogP contribution in [0.25, 0.3) is 22.0 Å². The minimum Gasteiger partial charge on any atom is -0.361 e. The second kappa shape index (κ2) is 6.35. The zero-order valence-corrected chi connectivity index (χ0v) is 15.7. The molecule has 0 amide bonds. The number of carbonyl (C=O) groups is 1. The van der Waals surface area contributed by atoms with Crippen LogP contribution in [0.1, 0.15) is 10.4 Å². The Balaban J connectivity index is 2.17. The number of Topliss-reactive ketones (excluding diaryl/α,β-unsaturated/α-hetero) is 1. The van der Waals surface area contributed by atoms with Crippen molar-refractivity contribution in [2.75, 3.05) is 6.26 Å². The lowest BCUT2D eigenvalue weighted by molar-refractivity contribution is 0.101. The maximum Gasteiger partial charge on any atom is 0.197 e. The van der Waals surface area contributed by atoms with Crippen molar-refractivity contribution in [2.24, 2.45) is 0 Å². The van der Waals surface area contributed by atoms with Gasteiger partial charge in [-0.25, -0.2) is 8.42 Å². The second-order valence-corrected chi connectivity index (χ2v) is 9.14. The molecule has 0 fully saturated rings. The molecular weight excluding hydrogens is 414 g/mol. The van der Waals surface area contributed by atoms with Crippen LogP contribution in [0, 0.1) is 0 Å². The molecular formula is C17H13BrClNO3S. The summed E-state index contributed by atoms with van der Waals surface area (Å²) in [6.07, 6.45) is 2.80. The van der Waals surface area contributed by atoms with E-state index in [0.29, 0.717) is 4.47 Å².